The van der Waals surface area contributed by atoms with Crippen LogP contribution < -0.4 is 5.73 Å². The molecule has 1 nitrogen and oxygen atoms in total. The smallest absolute Gasteiger partial charge is 0.0210 e. The second-order valence-electron chi connectivity index (χ2n) is 5.36. The lowest BCUT2D eigenvalue weighted by atomic mass is 9.93. The molecule has 0 aliphatic heterocycles. The molecular formula is C17H28BrN. The Morgan fingerprint density at radius 2 is 1.63 bits per heavy atom. The van der Waals surface area contributed by atoms with Crippen molar-refractivity contribution in [1.82, 2.24) is 0 Å². The Labute approximate surface area is 127 Å². The third-order valence-corrected chi connectivity index (χ3v) is 4.51. The summed E-state index contributed by atoms with van der Waals surface area (Å²) in [6.07, 6.45) is 10.8. The highest BCUT2D eigenvalue weighted by Gasteiger charge is 2.11. The van der Waals surface area contributed by atoms with Gasteiger partial charge in [0.05, 0.1) is 0 Å². The van der Waals surface area contributed by atoms with Crippen molar-refractivity contribution >= 4 is 15.9 Å². The van der Waals surface area contributed by atoms with Crippen LogP contribution in [0.15, 0.2) is 28.7 Å². The van der Waals surface area contributed by atoms with Crippen LogP contribution in [0.5, 0.6) is 0 Å². The quantitative estimate of drug-likeness (QED) is 0.554. The summed E-state index contributed by atoms with van der Waals surface area (Å²) in [5.74, 6) is 0.506. The lowest BCUT2D eigenvalue weighted by Crippen LogP contribution is -2.13. The molecule has 0 bridgehead atoms. The van der Waals surface area contributed by atoms with E-state index in [0.29, 0.717) is 5.92 Å². The number of unbranched alkanes of at least 4 members (excludes halogenated alkanes) is 6. The minimum atomic E-state index is 0.506. The van der Waals surface area contributed by atoms with Crippen molar-refractivity contribution in [3.05, 3.63) is 34.3 Å². The zero-order valence-corrected chi connectivity index (χ0v) is 13.8. The fourth-order valence-corrected chi connectivity index (χ4v) is 3.16. The first kappa shape index (κ1) is 16.7. The summed E-state index contributed by atoms with van der Waals surface area (Å²) in [4.78, 5) is 0. The average Bonchev–Trinajstić information content (AvgIpc) is 2.43. The van der Waals surface area contributed by atoms with Gasteiger partial charge in [-0.05, 0) is 30.5 Å². The number of nitrogens with two attached hydrogens (primary N) is 1. The van der Waals surface area contributed by atoms with Gasteiger partial charge < -0.3 is 5.73 Å². The Morgan fingerprint density at radius 1 is 1.00 bits per heavy atom. The number of hydrogen-bond donors (Lipinski definition) is 1. The summed E-state index contributed by atoms with van der Waals surface area (Å²) in [5, 5.41) is 0. The molecule has 0 spiro atoms. The van der Waals surface area contributed by atoms with Crippen molar-refractivity contribution in [2.24, 2.45) is 5.73 Å². The van der Waals surface area contributed by atoms with E-state index in [1.165, 1.54) is 61.4 Å². The summed E-state index contributed by atoms with van der Waals surface area (Å²) in [5.41, 5.74) is 7.30. The SMILES string of the molecule is CCCCCCCCCC(CN)c1ccccc1Br. The first-order valence-electron chi connectivity index (χ1n) is 7.74. The maximum Gasteiger partial charge on any atom is 0.0210 e. The highest BCUT2D eigenvalue weighted by molar-refractivity contribution is 9.10. The number of benzene rings is 1. The fraction of sp³-hybridized carbons (Fsp3) is 0.647. The van der Waals surface area contributed by atoms with Gasteiger partial charge in [-0.3, -0.25) is 0 Å². The standard InChI is InChI=1S/C17H28BrN/c1-2-3-4-5-6-7-8-11-15(14-19)16-12-9-10-13-17(16)18/h9-10,12-13,15H,2-8,11,14,19H2,1H3. The van der Waals surface area contributed by atoms with Crippen LogP contribution in [0.4, 0.5) is 0 Å². The van der Waals surface area contributed by atoms with Gasteiger partial charge in [-0.2, -0.15) is 0 Å². The Bertz CT molecular complexity index is 338. The Balaban J connectivity index is 2.24. The topological polar surface area (TPSA) is 26.0 Å². The first-order chi connectivity index (χ1) is 9.29. The van der Waals surface area contributed by atoms with E-state index in [1.807, 2.05) is 0 Å². The molecule has 0 aromatic heterocycles. The third kappa shape index (κ3) is 6.58. The van der Waals surface area contributed by atoms with Gasteiger partial charge in [-0.1, -0.05) is 86.0 Å². The predicted octanol–water partition coefficient (Wildman–Crippen LogP) is 5.63. The molecule has 0 heterocycles. The maximum absolute atomic E-state index is 5.93. The summed E-state index contributed by atoms with van der Waals surface area (Å²) in [7, 11) is 0. The summed E-state index contributed by atoms with van der Waals surface area (Å²) < 4.78 is 1.20. The lowest BCUT2D eigenvalue weighted by molar-refractivity contribution is 0.536. The van der Waals surface area contributed by atoms with Gasteiger partial charge in [0.2, 0.25) is 0 Å². The molecule has 2 heteroatoms. The van der Waals surface area contributed by atoms with E-state index in [4.69, 9.17) is 5.73 Å². The number of halogens is 1. The molecule has 0 amide bonds. The molecule has 0 fully saturated rings. The Morgan fingerprint density at radius 3 is 2.26 bits per heavy atom. The molecule has 1 aromatic rings. The monoisotopic (exact) mass is 325 g/mol. The third-order valence-electron chi connectivity index (χ3n) is 3.79. The average molecular weight is 326 g/mol. The van der Waals surface area contributed by atoms with E-state index in [2.05, 4.69) is 47.1 Å². The van der Waals surface area contributed by atoms with Gasteiger partial charge in [0.25, 0.3) is 0 Å². The van der Waals surface area contributed by atoms with Gasteiger partial charge in [0.15, 0.2) is 0 Å². The van der Waals surface area contributed by atoms with Crippen LogP contribution in [0.1, 0.15) is 69.8 Å². The van der Waals surface area contributed by atoms with Crippen molar-refractivity contribution in [3.63, 3.8) is 0 Å². The van der Waals surface area contributed by atoms with E-state index in [1.54, 1.807) is 0 Å². The first-order valence-corrected chi connectivity index (χ1v) is 8.53. The van der Waals surface area contributed by atoms with E-state index in [-0.39, 0.29) is 0 Å². The fourth-order valence-electron chi connectivity index (χ4n) is 2.55. The normalized spacial score (nSPS) is 12.6. The van der Waals surface area contributed by atoms with Crippen LogP contribution in [0.2, 0.25) is 0 Å². The number of rotatable bonds is 10. The van der Waals surface area contributed by atoms with Crippen molar-refractivity contribution in [3.8, 4) is 0 Å². The van der Waals surface area contributed by atoms with E-state index in [0.717, 1.165) is 6.54 Å². The zero-order valence-electron chi connectivity index (χ0n) is 12.2. The molecule has 1 aromatic carbocycles. The molecule has 1 unspecified atom stereocenters. The van der Waals surface area contributed by atoms with Gasteiger partial charge >= 0.3 is 0 Å². The minimum Gasteiger partial charge on any atom is -0.330 e. The maximum atomic E-state index is 5.93. The molecule has 0 saturated carbocycles. The molecule has 2 N–H and O–H groups in total. The molecule has 19 heavy (non-hydrogen) atoms. The molecular weight excluding hydrogens is 298 g/mol. The molecule has 0 aliphatic rings. The van der Waals surface area contributed by atoms with Crippen LogP contribution in [0.3, 0.4) is 0 Å². The van der Waals surface area contributed by atoms with Crippen LogP contribution in [-0.4, -0.2) is 6.54 Å². The molecule has 108 valence electrons. The lowest BCUT2D eigenvalue weighted by Gasteiger charge is -2.16. The van der Waals surface area contributed by atoms with E-state index in [9.17, 15) is 0 Å². The van der Waals surface area contributed by atoms with Crippen LogP contribution >= 0.6 is 15.9 Å². The van der Waals surface area contributed by atoms with Gasteiger partial charge in [0.1, 0.15) is 0 Å². The summed E-state index contributed by atoms with van der Waals surface area (Å²) in [6, 6.07) is 8.48. The Hall–Kier alpha value is -0.340. The van der Waals surface area contributed by atoms with Crippen molar-refractivity contribution in [1.29, 1.82) is 0 Å². The molecule has 0 radical (unpaired) electrons. The van der Waals surface area contributed by atoms with Crippen LogP contribution in [0.25, 0.3) is 0 Å². The van der Waals surface area contributed by atoms with Gasteiger partial charge in [-0.25, -0.2) is 0 Å². The molecule has 0 aliphatic carbocycles. The van der Waals surface area contributed by atoms with Crippen molar-refractivity contribution < 1.29 is 0 Å². The second kappa shape index (κ2) is 10.4. The molecule has 1 rings (SSSR count). The van der Waals surface area contributed by atoms with Crippen LogP contribution in [0, 0.1) is 0 Å². The van der Waals surface area contributed by atoms with Crippen LogP contribution in [-0.2, 0) is 0 Å². The largest absolute Gasteiger partial charge is 0.330 e. The molecule has 1 atom stereocenters. The zero-order chi connectivity index (χ0) is 13.9. The van der Waals surface area contributed by atoms with E-state index < -0.39 is 0 Å². The highest BCUT2D eigenvalue weighted by Crippen LogP contribution is 2.28. The minimum absolute atomic E-state index is 0.506. The van der Waals surface area contributed by atoms with Crippen molar-refractivity contribution in [2.45, 2.75) is 64.2 Å². The van der Waals surface area contributed by atoms with Gasteiger partial charge in [-0.15, -0.1) is 0 Å². The Kier molecular flexibility index (Phi) is 9.19. The summed E-state index contributed by atoms with van der Waals surface area (Å²) in [6.45, 7) is 3.02. The summed E-state index contributed by atoms with van der Waals surface area (Å²) >= 11 is 3.63. The second-order valence-corrected chi connectivity index (χ2v) is 6.22. The predicted molar refractivity (Wildman–Crippen MR) is 88.5 cm³/mol. The van der Waals surface area contributed by atoms with E-state index >= 15 is 0 Å². The van der Waals surface area contributed by atoms with Gasteiger partial charge in [0, 0.05) is 4.47 Å². The molecule has 0 saturated heterocycles. The number of hydrogen-bond acceptors (Lipinski definition) is 1. The highest BCUT2D eigenvalue weighted by atomic mass is 79.9. The van der Waals surface area contributed by atoms with Crippen molar-refractivity contribution in [2.75, 3.05) is 6.54 Å².